The molecule has 2 heterocycles. The number of aliphatic hydroxyl groups excluding tert-OH is 1. The van der Waals surface area contributed by atoms with E-state index in [9.17, 15) is 14.3 Å². The summed E-state index contributed by atoms with van der Waals surface area (Å²) < 4.78 is 19.0. The Morgan fingerprint density at radius 3 is 3.00 bits per heavy atom. The molecule has 6 nitrogen and oxygen atoms in total. The Balaban J connectivity index is 1.57. The lowest BCUT2D eigenvalue weighted by Crippen LogP contribution is -2.43. The number of aryl methyl sites for hydroxylation is 1. The molecule has 0 aliphatic carbocycles. The van der Waals surface area contributed by atoms with Crippen molar-refractivity contribution in [3.8, 4) is 0 Å². The number of carbonyl (C=O) groups is 1. The lowest BCUT2D eigenvalue weighted by atomic mass is 10.1. The van der Waals surface area contributed by atoms with E-state index in [0.717, 1.165) is 11.5 Å². The van der Waals surface area contributed by atoms with Crippen LogP contribution >= 0.6 is 11.6 Å². The van der Waals surface area contributed by atoms with E-state index in [2.05, 4.69) is 10.5 Å². The Morgan fingerprint density at radius 1 is 1.50 bits per heavy atom. The van der Waals surface area contributed by atoms with E-state index in [0.29, 0.717) is 36.5 Å². The Bertz CT molecular complexity index is 783. The number of hydrogen-bond acceptors (Lipinski definition) is 5. The van der Waals surface area contributed by atoms with Crippen molar-refractivity contribution in [2.45, 2.75) is 38.5 Å². The molecule has 1 amide bonds. The smallest absolute Gasteiger partial charge is 0.237 e. The maximum absolute atomic E-state index is 13.8. The van der Waals surface area contributed by atoms with Gasteiger partial charge in [-0.25, -0.2) is 4.39 Å². The first kappa shape index (κ1) is 18.8. The third kappa shape index (κ3) is 4.60. The normalized spacial score (nSPS) is 20.5. The van der Waals surface area contributed by atoms with Gasteiger partial charge in [-0.05, 0) is 25.5 Å². The number of amides is 1. The topological polar surface area (TPSA) is 78.6 Å². The highest BCUT2D eigenvalue weighted by molar-refractivity contribution is 6.30. The van der Waals surface area contributed by atoms with E-state index in [-0.39, 0.29) is 12.5 Å². The largest absolute Gasteiger partial charge is 0.392 e. The summed E-state index contributed by atoms with van der Waals surface area (Å²) in [5.41, 5.74) is 1.17. The van der Waals surface area contributed by atoms with Crippen molar-refractivity contribution in [2.75, 3.05) is 13.1 Å². The molecule has 0 bridgehead atoms. The first-order valence-electron chi connectivity index (χ1n) is 8.48. The van der Waals surface area contributed by atoms with Crippen molar-refractivity contribution >= 4 is 17.5 Å². The van der Waals surface area contributed by atoms with Gasteiger partial charge in [0.05, 0.1) is 17.8 Å². The second-order valence-corrected chi connectivity index (χ2v) is 6.97. The van der Waals surface area contributed by atoms with Gasteiger partial charge in [0, 0.05) is 42.7 Å². The highest BCUT2D eigenvalue weighted by Crippen LogP contribution is 2.20. The summed E-state index contributed by atoms with van der Waals surface area (Å²) in [5.74, 6) is 0.0535. The third-order valence-electron chi connectivity index (χ3n) is 4.47. The van der Waals surface area contributed by atoms with Crippen LogP contribution in [-0.2, 0) is 17.8 Å². The maximum atomic E-state index is 13.8. The summed E-state index contributed by atoms with van der Waals surface area (Å²) >= 11 is 5.73. The molecule has 0 radical (unpaired) electrons. The lowest BCUT2D eigenvalue weighted by Gasteiger charge is -2.22. The minimum Gasteiger partial charge on any atom is -0.392 e. The zero-order valence-corrected chi connectivity index (χ0v) is 15.2. The number of hydrogen-bond donors (Lipinski definition) is 2. The van der Waals surface area contributed by atoms with Crippen LogP contribution in [0.1, 0.15) is 23.4 Å². The minimum atomic E-state index is -0.561. The Kier molecular flexibility index (Phi) is 5.90. The molecule has 2 atom stereocenters. The molecule has 1 fully saturated rings. The van der Waals surface area contributed by atoms with Crippen LogP contribution in [0.4, 0.5) is 4.39 Å². The van der Waals surface area contributed by atoms with Crippen molar-refractivity contribution in [3.63, 3.8) is 0 Å². The number of likely N-dealkylation sites (tertiary alicyclic amines) is 1. The van der Waals surface area contributed by atoms with Crippen LogP contribution in [0.25, 0.3) is 0 Å². The van der Waals surface area contributed by atoms with Crippen molar-refractivity contribution < 1.29 is 18.8 Å². The monoisotopic (exact) mass is 381 g/mol. The Labute approximate surface area is 155 Å². The number of β-amino-alcohol motifs (C(OH)–C–C–N with tert-alkyl or cyclic N) is 1. The highest BCUT2D eigenvalue weighted by Gasteiger charge is 2.35. The van der Waals surface area contributed by atoms with Crippen LogP contribution in [-0.4, -0.2) is 46.3 Å². The molecule has 140 valence electrons. The third-order valence-corrected chi connectivity index (χ3v) is 4.71. The predicted octanol–water partition coefficient (Wildman–Crippen LogP) is 2.07. The van der Waals surface area contributed by atoms with Gasteiger partial charge in [0.1, 0.15) is 11.6 Å². The molecule has 1 aromatic heterocycles. The summed E-state index contributed by atoms with van der Waals surface area (Å²) in [5, 5.41) is 16.8. The van der Waals surface area contributed by atoms with Crippen LogP contribution in [0, 0.1) is 12.7 Å². The predicted molar refractivity (Wildman–Crippen MR) is 94.2 cm³/mol. The zero-order chi connectivity index (χ0) is 18.7. The second-order valence-electron chi connectivity index (χ2n) is 6.54. The molecule has 26 heavy (non-hydrogen) atoms. The Hall–Kier alpha value is -1.96. The number of nitrogens with zero attached hydrogens (tertiary/aromatic N) is 2. The molecule has 1 aromatic carbocycles. The SMILES string of the molecule is Cc1cc(CCN2C[C@H](O)C[C@H]2C(=O)NCc2ccc(Cl)cc2F)on1. The van der Waals surface area contributed by atoms with Gasteiger partial charge in [-0.15, -0.1) is 0 Å². The first-order valence-corrected chi connectivity index (χ1v) is 8.86. The van der Waals surface area contributed by atoms with Crippen LogP contribution in [0.5, 0.6) is 0 Å². The molecule has 1 aliphatic rings. The number of nitrogens with one attached hydrogen (secondary N) is 1. The summed E-state index contributed by atoms with van der Waals surface area (Å²) in [6.45, 7) is 2.90. The molecule has 1 aliphatic heterocycles. The van der Waals surface area contributed by atoms with E-state index < -0.39 is 18.0 Å². The molecule has 2 N–H and O–H groups in total. The lowest BCUT2D eigenvalue weighted by molar-refractivity contribution is -0.125. The molecule has 1 saturated heterocycles. The fourth-order valence-corrected chi connectivity index (χ4v) is 3.31. The molecule has 3 rings (SSSR count). The number of benzene rings is 1. The maximum Gasteiger partial charge on any atom is 0.237 e. The van der Waals surface area contributed by atoms with Gasteiger partial charge in [-0.1, -0.05) is 22.8 Å². The first-order chi connectivity index (χ1) is 12.4. The average Bonchev–Trinajstić information content (AvgIpc) is 3.17. The van der Waals surface area contributed by atoms with Crippen LogP contribution < -0.4 is 5.32 Å². The summed E-state index contributed by atoms with van der Waals surface area (Å²) in [4.78, 5) is 14.4. The van der Waals surface area contributed by atoms with Gasteiger partial charge < -0.3 is 14.9 Å². The fraction of sp³-hybridized carbons (Fsp3) is 0.444. The van der Waals surface area contributed by atoms with Gasteiger partial charge in [-0.2, -0.15) is 0 Å². The number of aromatic nitrogens is 1. The standard InChI is InChI=1S/C18H21ClFN3O3/c1-11-6-15(26-22-11)4-5-23-10-14(24)8-17(23)18(25)21-9-12-2-3-13(19)7-16(12)20/h2-3,6-7,14,17,24H,4-5,8-10H2,1H3,(H,21,25)/t14-,17+/m1/s1. The summed E-state index contributed by atoms with van der Waals surface area (Å²) in [7, 11) is 0. The molecular formula is C18H21ClFN3O3. The second kappa shape index (κ2) is 8.16. The number of rotatable bonds is 6. The zero-order valence-electron chi connectivity index (χ0n) is 14.4. The van der Waals surface area contributed by atoms with Gasteiger partial charge in [0.25, 0.3) is 0 Å². The van der Waals surface area contributed by atoms with E-state index in [1.165, 1.54) is 6.07 Å². The van der Waals surface area contributed by atoms with E-state index >= 15 is 0 Å². The van der Waals surface area contributed by atoms with Crippen molar-refractivity contribution in [1.82, 2.24) is 15.4 Å². The number of halogens is 2. The quantitative estimate of drug-likeness (QED) is 0.800. The average molecular weight is 382 g/mol. The summed E-state index contributed by atoms with van der Waals surface area (Å²) in [6.07, 6.45) is 0.391. The van der Waals surface area contributed by atoms with Gasteiger partial charge in [0.2, 0.25) is 5.91 Å². The number of aliphatic hydroxyl groups is 1. The molecule has 0 spiro atoms. The van der Waals surface area contributed by atoms with Gasteiger partial charge >= 0.3 is 0 Å². The van der Waals surface area contributed by atoms with Crippen molar-refractivity contribution in [1.29, 1.82) is 0 Å². The van der Waals surface area contributed by atoms with E-state index in [1.807, 2.05) is 17.9 Å². The van der Waals surface area contributed by atoms with E-state index in [1.54, 1.807) is 12.1 Å². The fourth-order valence-electron chi connectivity index (χ4n) is 3.15. The van der Waals surface area contributed by atoms with Crippen LogP contribution in [0.15, 0.2) is 28.8 Å². The minimum absolute atomic E-state index is 0.0730. The molecular weight excluding hydrogens is 361 g/mol. The van der Waals surface area contributed by atoms with Crippen molar-refractivity contribution in [3.05, 3.63) is 52.1 Å². The van der Waals surface area contributed by atoms with Gasteiger partial charge in [0.15, 0.2) is 0 Å². The van der Waals surface area contributed by atoms with Crippen LogP contribution in [0.2, 0.25) is 5.02 Å². The molecule has 2 aromatic rings. The Morgan fingerprint density at radius 2 is 2.31 bits per heavy atom. The molecule has 0 unspecified atom stereocenters. The molecule has 8 heteroatoms. The van der Waals surface area contributed by atoms with E-state index in [4.69, 9.17) is 16.1 Å². The summed E-state index contributed by atoms with van der Waals surface area (Å²) in [6, 6.07) is 5.74. The molecule has 0 saturated carbocycles. The number of carbonyl (C=O) groups excluding carboxylic acids is 1. The highest BCUT2D eigenvalue weighted by atomic mass is 35.5. The van der Waals surface area contributed by atoms with Gasteiger partial charge in [-0.3, -0.25) is 9.69 Å². The van der Waals surface area contributed by atoms with Crippen LogP contribution in [0.3, 0.4) is 0 Å². The van der Waals surface area contributed by atoms with Crippen molar-refractivity contribution in [2.24, 2.45) is 0 Å².